The van der Waals surface area contributed by atoms with E-state index < -0.39 is 0 Å². The monoisotopic (exact) mass is 261 g/mol. The Hall–Kier alpha value is -1.99. The van der Waals surface area contributed by atoms with Crippen LogP contribution in [0.15, 0.2) is 30.9 Å². The highest BCUT2D eigenvalue weighted by atomic mass is 35.5. The molecule has 0 atom stereocenters. The molecule has 2 aromatic heterocycles. The maximum absolute atomic E-state index is 5.61. The van der Waals surface area contributed by atoms with Gasteiger partial charge >= 0.3 is 0 Å². The summed E-state index contributed by atoms with van der Waals surface area (Å²) in [4.78, 5) is 4.06. The number of hydrogen-bond donors (Lipinski definition) is 0. The smallest absolute Gasteiger partial charge is 0.139 e. The van der Waals surface area contributed by atoms with Crippen molar-refractivity contribution >= 4 is 11.6 Å². The Bertz CT molecular complexity index is 583. The van der Waals surface area contributed by atoms with Gasteiger partial charge in [0.1, 0.15) is 12.4 Å². The molecule has 0 spiro atoms. The number of ether oxygens (including phenoxy) is 1. The van der Waals surface area contributed by atoms with Crippen LogP contribution < -0.4 is 4.74 Å². The van der Waals surface area contributed by atoms with Gasteiger partial charge in [-0.25, -0.2) is 0 Å². The lowest BCUT2D eigenvalue weighted by molar-refractivity contribution is 0.305. The van der Waals surface area contributed by atoms with Gasteiger partial charge in [-0.05, 0) is 6.07 Å². The fourth-order valence-corrected chi connectivity index (χ4v) is 1.48. The van der Waals surface area contributed by atoms with Crippen LogP contribution in [0.2, 0.25) is 0 Å². The third kappa shape index (κ3) is 3.51. The molecule has 2 rings (SSSR count). The molecule has 0 amide bonds. The molecule has 18 heavy (non-hydrogen) atoms. The Balaban J connectivity index is 2.01. The number of halogens is 1. The molecule has 0 aromatic carbocycles. The summed E-state index contributed by atoms with van der Waals surface area (Å²) in [7, 11) is 1.87. The van der Waals surface area contributed by atoms with Crippen molar-refractivity contribution in [2.24, 2.45) is 7.05 Å². The summed E-state index contributed by atoms with van der Waals surface area (Å²) >= 11 is 5.50. The number of aromatic nitrogens is 3. The van der Waals surface area contributed by atoms with E-state index in [9.17, 15) is 0 Å². The van der Waals surface area contributed by atoms with Crippen molar-refractivity contribution in [3.05, 3.63) is 42.0 Å². The Morgan fingerprint density at radius 2 is 2.28 bits per heavy atom. The Morgan fingerprint density at radius 3 is 3.00 bits per heavy atom. The molecular weight excluding hydrogens is 250 g/mol. The van der Waals surface area contributed by atoms with Gasteiger partial charge in [-0.15, -0.1) is 11.6 Å². The van der Waals surface area contributed by atoms with Gasteiger partial charge in [-0.1, -0.05) is 11.8 Å². The van der Waals surface area contributed by atoms with Gasteiger partial charge in [0.05, 0.1) is 18.3 Å². The van der Waals surface area contributed by atoms with E-state index in [1.807, 2.05) is 19.3 Å². The minimum atomic E-state index is 0.306. The second-order valence-corrected chi connectivity index (χ2v) is 3.92. The molecule has 0 aliphatic heterocycles. The maximum Gasteiger partial charge on any atom is 0.139 e. The van der Waals surface area contributed by atoms with Crippen LogP contribution in [-0.2, 0) is 13.7 Å². The number of alkyl halides is 1. The third-order valence-electron chi connectivity index (χ3n) is 2.18. The van der Waals surface area contributed by atoms with Gasteiger partial charge in [0, 0.05) is 30.6 Å². The van der Waals surface area contributed by atoms with Gasteiger partial charge in [-0.3, -0.25) is 9.67 Å². The minimum absolute atomic E-state index is 0.306. The molecule has 2 aromatic rings. The summed E-state index contributed by atoms with van der Waals surface area (Å²) in [5.41, 5.74) is 1.80. The highest BCUT2D eigenvalue weighted by Gasteiger charge is 1.99. The average Bonchev–Trinajstić information content (AvgIpc) is 2.80. The largest absolute Gasteiger partial charge is 0.487 e. The zero-order valence-corrected chi connectivity index (χ0v) is 10.7. The topological polar surface area (TPSA) is 39.9 Å². The molecule has 0 N–H and O–H groups in total. The Labute approximate surface area is 111 Å². The first-order chi connectivity index (χ1) is 8.78. The van der Waals surface area contributed by atoms with Crippen molar-refractivity contribution in [3.8, 4) is 17.6 Å². The molecule has 5 heteroatoms. The second kappa shape index (κ2) is 6.08. The molecule has 0 bridgehead atoms. The molecule has 0 radical (unpaired) electrons. The van der Waals surface area contributed by atoms with Gasteiger partial charge in [-0.2, -0.15) is 5.10 Å². The molecule has 4 nitrogen and oxygen atoms in total. The lowest BCUT2D eigenvalue weighted by atomic mass is 10.3. The highest BCUT2D eigenvalue weighted by Crippen LogP contribution is 2.12. The first-order valence-corrected chi connectivity index (χ1v) is 5.91. The first-order valence-electron chi connectivity index (χ1n) is 5.38. The minimum Gasteiger partial charge on any atom is -0.487 e. The molecule has 0 aliphatic rings. The van der Waals surface area contributed by atoms with Crippen LogP contribution in [0, 0.1) is 11.8 Å². The zero-order chi connectivity index (χ0) is 12.8. The molecule has 0 fully saturated rings. The summed E-state index contributed by atoms with van der Waals surface area (Å²) in [6, 6.07) is 1.84. The number of hydrogen-bond acceptors (Lipinski definition) is 3. The van der Waals surface area contributed by atoms with Crippen molar-refractivity contribution in [2.45, 2.75) is 6.61 Å². The van der Waals surface area contributed by atoms with E-state index in [1.54, 1.807) is 23.3 Å². The standard InChI is InChI=1S/C13H12ClN3O/c1-17-9-12(7-16-17)10-18-13-5-11(3-2-4-14)6-15-8-13/h5-9H,4,10H2,1H3. The Kier molecular flexibility index (Phi) is 4.21. The van der Waals surface area contributed by atoms with E-state index in [2.05, 4.69) is 21.9 Å². The second-order valence-electron chi connectivity index (χ2n) is 3.66. The zero-order valence-electron chi connectivity index (χ0n) is 9.93. The molecule has 0 saturated carbocycles. The summed E-state index contributed by atoms with van der Waals surface area (Å²) in [6.45, 7) is 0.460. The van der Waals surface area contributed by atoms with Crippen molar-refractivity contribution < 1.29 is 4.74 Å². The lowest BCUT2D eigenvalue weighted by Gasteiger charge is -2.03. The van der Waals surface area contributed by atoms with Gasteiger partial charge in [0.2, 0.25) is 0 Å². The van der Waals surface area contributed by atoms with Gasteiger partial charge in [0.15, 0.2) is 0 Å². The summed E-state index contributed by atoms with van der Waals surface area (Å²) in [5, 5.41) is 4.07. The van der Waals surface area contributed by atoms with Crippen LogP contribution in [0.1, 0.15) is 11.1 Å². The van der Waals surface area contributed by atoms with Crippen LogP contribution in [0.25, 0.3) is 0 Å². The quantitative estimate of drug-likeness (QED) is 0.627. The van der Waals surface area contributed by atoms with Gasteiger partial charge < -0.3 is 4.74 Å². The molecule has 2 heterocycles. The van der Waals surface area contributed by atoms with Crippen LogP contribution in [0.5, 0.6) is 5.75 Å². The van der Waals surface area contributed by atoms with Crippen LogP contribution in [0.3, 0.4) is 0 Å². The van der Waals surface area contributed by atoms with Crippen molar-refractivity contribution in [1.82, 2.24) is 14.8 Å². The Morgan fingerprint density at radius 1 is 1.39 bits per heavy atom. The summed E-state index contributed by atoms with van der Waals surface area (Å²) in [5.74, 6) is 6.66. The normalized spacial score (nSPS) is 9.67. The molecule has 0 aliphatic carbocycles. The van der Waals surface area contributed by atoms with E-state index in [-0.39, 0.29) is 0 Å². The van der Waals surface area contributed by atoms with Crippen molar-refractivity contribution in [1.29, 1.82) is 0 Å². The van der Waals surface area contributed by atoms with Gasteiger partial charge in [0.25, 0.3) is 0 Å². The highest BCUT2D eigenvalue weighted by molar-refractivity contribution is 6.19. The van der Waals surface area contributed by atoms with E-state index in [1.165, 1.54) is 0 Å². The molecule has 92 valence electrons. The number of aryl methyl sites for hydroxylation is 1. The van der Waals surface area contributed by atoms with E-state index in [0.717, 1.165) is 11.1 Å². The number of pyridine rings is 1. The van der Waals surface area contributed by atoms with E-state index in [0.29, 0.717) is 18.2 Å². The SMILES string of the molecule is Cn1cc(COc2cncc(C#CCCl)c2)cn1. The predicted molar refractivity (Wildman–Crippen MR) is 69.4 cm³/mol. The van der Waals surface area contributed by atoms with Crippen LogP contribution in [-0.4, -0.2) is 20.6 Å². The maximum atomic E-state index is 5.61. The molecule has 0 unspecified atom stereocenters. The third-order valence-corrected chi connectivity index (χ3v) is 2.31. The fraction of sp³-hybridized carbons (Fsp3) is 0.231. The number of rotatable bonds is 3. The van der Waals surface area contributed by atoms with Crippen LogP contribution in [0.4, 0.5) is 0 Å². The van der Waals surface area contributed by atoms with Crippen molar-refractivity contribution in [3.63, 3.8) is 0 Å². The lowest BCUT2D eigenvalue weighted by Crippen LogP contribution is -1.95. The first kappa shape index (κ1) is 12.5. The summed E-state index contributed by atoms with van der Waals surface area (Å²) < 4.78 is 7.34. The average molecular weight is 262 g/mol. The molecule has 0 saturated heterocycles. The van der Waals surface area contributed by atoms with E-state index in [4.69, 9.17) is 16.3 Å². The van der Waals surface area contributed by atoms with Crippen LogP contribution >= 0.6 is 11.6 Å². The molecular formula is C13H12ClN3O. The fourth-order valence-electron chi connectivity index (χ4n) is 1.41. The van der Waals surface area contributed by atoms with Crippen molar-refractivity contribution in [2.75, 3.05) is 5.88 Å². The number of nitrogens with zero attached hydrogens (tertiary/aromatic N) is 3. The predicted octanol–water partition coefficient (Wildman–Crippen LogP) is 1.98. The summed E-state index contributed by atoms with van der Waals surface area (Å²) in [6.07, 6.45) is 7.01. The van der Waals surface area contributed by atoms with E-state index >= 15 is 0 Å².